The fraction of sp³-hybridized carbons (Fsp3) is 0.438. The van der Waals surface area contributed by atoms with Crippen molar-refractivity contribution in [1.82, 2.24) is 0 Å². The molecule has 0 radical (unpaired) electrons. The third-order valence-electron chi connectivity index (χ3n) is 7.54. The Bertz CT molecular complexity index is 1090. The number of benzene rings is 3. The molecule has 0 spiro atoms. The normalized spacial score (nSPS) is 14.4. The fourth-order valence-electron chi connectivity index (χ4n) is 5.39. The summed E-state index contributed by atoms with van der Waals surface area (Å²) in [6.45, 7) is 2.18. The Morgan fingerprint density at radius 1 is 0.657 bits per heavy atom. The van der Waals surface area contributed by atoms with Gasteiger partial charge in [0.2, 0.25) is 0 Å². The molecule has 0 aromatic heterocycles. The van der Waals surface area contributed by atoms with Gasteiger partial charge in [0.1, 0.15) is 5.82 Å². The van der Waals surface area contributed by atoms with E-state index in [-0.39, 0.29) is 11.4 Å². The van der Waals surface area contributed by atoms with E-state index in [1.807, 2.05) is 24.3 Å². The SMILES string of the molecule is CCCCCCCCc1ccc(-c2ccc(-c3ccc(C4CCCCC4)c(F)c3)cc2)c(F)c1F. The van der Waals surface area contributed by atoms with Gasteiger partial charge in [-0.25, -0.2) is 13.2 Å². The zero-order chi connectivity index (χ0) is 24.6. The van der Waals surface area contributed by atoms with Crippen molar-refractivity contribution in [2.75, 3.05) is 0 Å². The maximum Gasteiger partial charge on any atom is 0.166 e. The number of halogens is 3. The third-order valence-corrected chi connectivity index (χ3v) is 7.54. The highest BCUT2D eigenvalue weighted by Gasteiger charge is 2.19. The van der Waals surface area contributed by atoms with E-state index in [4.69, 9.17) is 0 Å². The maximum atomic E-state index is 14.9. The molecular formula is C32H37F3. The van der Waals surface area contributed by atoms with E-state index in [0.29, 0.717) is 23.5 Å². The lowest BCUT2D eigenvalue weighted by Gasteiger charge is -2.22. The van der Waals surface area contributed by atoms with Gasteiger partial charge in [0.15, 0.2) is 11.6 Å². The molecule has 0 heterocycles. The summed E-state index contributed by atoms with van der Waals surface area (Å²) in [6, 6.07) is 16.2. The van der Waals surface area contributed by atoms with Crippen LogP contribution in [0, 0.1) is 17.5 Å². The molecule has 0 saturated heterocycles. The van der Waals surface area contributed by atoms with Gasteiger partial charge in [-0.05, 0) is 65.5 Å². The predicted octanol–water partition coefficient (Wildman–Crippen LogP) is 10.4. The smallest absolute Gasteiger partial charge is 0.166 e. The first-order valence-electron chi connectivity index (χ1n) is 13.5. The molecule has 1 saturated carbocycles. The molecule has 0 unspecified atom stereocenters. The van der Waals surface area contributed by atoms with Crippen LogP contribution in [0.2, 0.25) is 0 Å². The monoisotopic (exact) mass is 478 g/mol. The van der Waals surface area contributed by atoms with E-state index in [1.54, 1.807) is 30.3 Å². The molecule has 0 amide bonds. The summed E-state index contributed by atoms with van der Waals surface area (Å²) < 4.78 is 44.5. The molecule has 1 aliphatic carbocycles. The summed E-state index contributed by atoms with van der Waals surface area (Å²) in [7, 11) is 0. The van der Waals surface area contributed by atoms with Gasteiger partial charge in [-0.1, -0.05) is 107 Å². The zero-order valence-corrected chi connectivity index (χ0v) is 20.9. The lowest BCUT2D eigenvalue weighted by Crippen LogP contribution is -2.06. The van der Waals surface area contributed by atoms with Crippen LogP contribution in [-0.2, 0) is 6.42 Å². The summed E-state index contributed by atoms with van der Waals surface area (Å²) in [5.41, 5.74) is 3.82. The van der Waals surface area contributed by atoms with Crippen molar-refractivity contribution in [3.05, 3.63) is 83.2 Å². The van der Waals surface area contributed by atoms with Gasteiger partial charge in [0, 0.05) is 5.56 Å². The van der Waals surface area contributed by atoms with Gasteiger partial charge in [-0.2, -0.15) is 0 Å². The Kier molecular flexibility index (Phi) is 9.06. The summed E-state index contributed by atoms with van der Waals surface area (Å²) >= 11 is 0. The minimum absolute atomic E-state index is 0.146. The summed E-state index contributed by atoms with van der Waals surface area (Å²) in [5, 5.41) is 0. The predicted molar refractivity (Wildman–Crippen MR) is 140 cm³/mol. The molecular weight excluding hydrogens is 441 g/mol. The lowest BCUT2D eigenvalue weighted by atomic mass is 9.83. The Morgan fingerprint density at radius 2 is 1.31 bits per heavy atom. The first kappa shape index (κ1) is 25.5. The van der Waals surface area contributed by atoms with Gasteiger partial charge in [-0.15, -0.1) is 0 Å². The van der Waals surface area contributed by atoms with Crippen molar-refractivity contribution in [3.8, 4) is 22.3 Å². The Labute approximate surface area is 208 Å². The van der Waals surface area contributed by atoms with Crippen LogP contribution in [0.4, 0.5) is 13.2 Å². The van der Waals surface area contributed by atoms with Gasteiger partial charge in [0.25, 0.3) is 0 Å². The molecule has 35 heavy (non-hydrogen) atoms. The van der Waals surface area contributed by atoms with E-state index < -0.39 is 11.6 Å². The van der Waals surface area contributed by atoms with Crippen LogP contribution in [0.5, 0.6) is 0 Å². The maximum absolute atomic E-state index is 14.9. The first-order chi connectivity index (χ1) is 17.1. The minimum Gasteiger partial charge on any atom is -0.207 e. The average molecular weight is 479 g/mol. The Morgan fingerprint density at radius 3 is 2.03 bits per heavy atom. The molecule has 0 atom stereocenters. The Balaban J connectivity index is 1.44. The van der Waals surface area contributed by atoms with Gasteiger partial charge < -0.3 is 0 Å². The zero-order valence-electron chi connectivity index (χ0n) is 20.9. The van der Waals surface area contributed by atoms with Crippen LogP contribution in [0.15, 0.2) is 54.6 Å². The van der Waals surface area contributed by atoms with Gasteiger partial charge in [-0.3, -0.25) is 0 Å². The highest BCUT2D eigenvalue weighted by atomic mass is 19.2. The molecule has 3 aromatic rings. The van der Waals surface area contributed by atoms with E-state index in [0.717, 1.165) is 48.8 Å². The first-order valence-corrected chi connectivity index (χ1v) is 13.5. The van der Waals surface area contributed by atoms with E-state index in [9.17, 15) is 13.2 Å². The molecule has 4 rings (SSSR count). The fourth-order valence-corrected chi connectivity index (χ4v) is 5.39. The molecule has 3 heteroatoms. The van der Waals surface area contributed by atoms with Gasteiger partial charge >= 0.3 is 0 Å². The minimum atomic E-state index is -0.788. The summed E-state index contributed by atoms with van der Waals surface area (Å²) in [6.07, 6.45) is 13.0. The quantitative estimate of drug-likeness (QED) is 0.254. The van der Waals surface area contributed by atoms with E-state index in [2.05, 4.69) is 6.92 Å². The van der Waals surface area contributed by atoms with Crippen LogP contribution in [0.1, 0.15) is 94.6 Å². The van der Waals surface area contributed by atoms with E-state index in [1.165, 1.54) is 38.5 Å². The summed E-state index contributed by atoms with van der Waals surface area (Å²) in [4.78, 5) is 0. The molecule has 186 valence electrons. The highest BCUT2D eigenvalue weighted by Crippen LogP contribution is 2.36. The number of aryl methyl sites for hydroxylation is 1. The summed E-state index contributed by atoms with van der Waals surface area (Å²) in [5.74, 6) is -1.35. The van der Waals surface area contributed by atoms with Crippen molar-refractivity contribution in [3.63, 3.8) is 0 Å². The van der Waals surface area contributed by atoms with Gasteiger partial charge in [0.05, 0.1) is 0 Å². The van der Waals surface area contributed by atoms with Crippen molar-refractivity contribution >= 4 is 0 Å². The second-order valence-corrected chi connectivity index (χ2v) is 10.1. The molecule has 0 aliphatic heterocycles. The average Bonchev–Trinajstić information content (AvgIpc) is 2.89. The van der Waals surface area contributed by atoms with Crippen LogP contribution < -0.4 is 0 Å². The van der Waals surface area contributed by atoms with Crippen LogP contribution in [0.3, 0.4) is 0 Å². The molecule has 0 nitrogen and oxygen atoms in total. The lowest BCUT2D eigenvalue weighted by molar-refractivity contribution is 0.430. The van der Waals surface area contributed by atoms with Crippen molar-refractivity contribution < 1.29 is 13.2 Å². The number of hydrogen-bond acceptors (Lipinski definition) is 0. The second kappa shape index (κ2) is 12.4. The van der Waals surface area contributed by atoms with E-state index >= 15 is 0 Å². The number of unbranched alkanes of at least 4 members (excludes halogenated alkanes) is 5. The van der Waals surface area contributed by atoms with Crippen LogP contribution in [0.25, 0.3) is 22.3 Å². The third kappa shape index (κ3) is 6.37. The number of hydrogen-bond donors (Lipinski definition) is 0. The second-order valence-electron chi connectivity index (χ2n) is 10.1. The Hall–Kier alpha value is -2.55. The largest absolute Gasteiger partial charge is 0.207 e. The molecule has 3 aromatic carbocycles. The number of rotatable bonds is 10. The van der Waals surface area contributed by atoms with Crippen molar-refractivity contribution in [2.24, 2.45) is 0 Å². The topological polar surface area (TPSA) is 0 Å². The molecule has 0 bridgehead atoms. The van der Waals surface area contributed by atoms with Crippen molar-refractivity contribution in [1.29, 1.82) is 0 Å². The molecule has 1 aliphatic rings. The molecule has 1 fully saturated rings. The van der Waals surface area contributed by atoms with Crippen molar-refractivity contribution in [2.45, 2.75) is 89.9 Å². The van der Waals surface area contributed by atoms with Crippen LogP contribution >= 0.6 is 0 Å². The van der Waals surface area contributed by atoms with Crippen LogP contribution in [-0.4, -0.2) is 0 Å². The standard InChI is InChI=1S/C32H37F3/c1-2-3-4-5-6-8-13-26-18-21-29(32(35)31(26)34)25-16-14-23(15-17-25)27-19-20-28(30(33)22-27)24-11-9-7-10-12-24/h14-22,24H,2-13H2,1H3. The highest BCUT2D eigenvalue weighted by molar-refractivity contribution is 5.71. The molecule has 0 N–H and O–H groups in total.